The van der Waals surface area contributed by atoms with Gasteiger partial charge in [-0.1, -0.05) is 0 Å². The number of nitrogens with zero attached hydrogens (tertiary/aromatic N) is 2. The summed E-state index contributed by atoms with van der Waals surface area (Å²) in [4.78, 5) is 9.00. The molecule has 0 radical (unpaired) electrons. The van der Waals surface area contributed by atoms with E-state index < -0.39 is 6.03 Å². The molecule has 12 heavy (non-hydrogen) atoms. The van der Waals surface area contributed by atoms with Gasteiger partial charge in [-0.25, -0.2) is 4.79 Å². The lowest BCUT2D eigenvalue weighted by Crippen LogP contribution is -2.18. The Morgan fingerprint density at radius 1 is 0.917 bits per heavy atom. The maximum absolute atomic E-state index is 9.00. The maximum Gasteiger partial charge on any atom is 0.309 e. The van der Waals surface area contributed by atoms with Crippen LogP contribution in [0.2, 0.25) is 0 Å². The second-order valence-electron chi connectivity index (χ2n) is 1.45. The predicted molar refractivity (Wildman–Crippen MR) is 40.4 cm³/mol. The van der Waals surface area contributed by atoms with Crippen molar-refractivity contribution in [1.82, 2.24) is 0 Å². The third kappa shape index (κ3) is 10.5. The SMILES string of the molecule is N#C/C(N)=C(/N)C#N.NC(N)=O. The molecular formula is C5H8N6O. The average molecular weight is 168 g/mol. The van der Waals surface area contributed by atoms with Gasteiger partial charge in [0, 0.05) is 0 Å². The van der Waals surface area contributed by atoms with Gasteiger partial charge in [-0.15, -0.1) is 0 Å². The molecule has 0 unspecified atom stereocenters. The van der Waals surface area contributed by atoms with Crippen LogP contribution in [0.1, 0.15) is 0 Å². The van der Waals surface area contributed by atoms with Crippen molar-refractivity contribution in [2.24, 2.45) is 22.9 Å². The van der Waals surface area contributed by atoms with Crippen LogP contribution in [0.4, 0.5) is 4.79 Å². The Kier molecular flexibility index (Phi) is 6.86. The van der Waals surface area contributed by atoms with Gasteiger partial charge in [0.1, 0.15) is 23.5 Å². The first-order valence-corrected chi connectivity index (χ1v) is 2.56. The summed E-state index contributed by atoms with van der Waals surface area (Å²) in [5.74, 6) is 0. The molecule has 0 rings (SSSR count). The van der Waals surface area contributed by atoms with Gasteiger partial charge in [-0.2, -0.15) is 10.5 Å². The van der Waals surface area contributed by atoms with Crippen molar-refractivity contribution in [3.8, 4) is 12.1 Å². The molecule has 0 saturated carbocycles. The minimum Gasteiger partial charge on any atom is -0.388 e. The standard InChI is InChI=1S/C4H4N4.CH4N2O/c5-1-3(7)4(8)2-6;2-1(3)4/h7-8H2;(H4,2,3,4)/b4-3-;. The first kappa shape index (κ1) is 12.3. The zero-order valence-electron chi connectivity index (χ0n) is 6.11. The quantitative estimate of drug-likeness (QED) is 0.312. The van der Waals surface area contributed by atoms with Gasteiger partial charge in [0.15, 0.2) is 0 Å². The summed E-state index contributed by atoms with van der Waals surface area (Å²) in [6.07, 6.45) is 0. The summed E-state index contributed by atoms with van der Waals surface area (Å²) in [7, 11) is 0. The Balaban J connectivity index is 0. The Morgan fingerprint density at radius 3 is 1.17 bits per heavy atom. The van der Waals surface area contributed by atoms with E-state index in [-0.39, 0.29) is 11.4 Å². The molecule has 0 aromatic heterocycles. The van der Waals surface area contributed by atoms with Crippen LogP contribution in [-0.4, -0.2) is 6.03 Å². The van der Waals surface area contributed by atoms with Crippen molar-refractivity contribution in [1.29, 1.82) is 10.5 Å². The first-order valence-electron chi connectivity index (χ1n) is 2.56. The number of urea groups is 1. The highest BCUT2D eigenvalue weighted by Crippen LogP contribution is 1.83. The van der Waals surface area contributed by atoms with Crippen LogP contribution >= 0.6 is 0 Å². The summed E-state index contributed by atoms with van der Waals surface area (Å²) in [6.45, 7) is 0. The minimum absolute atomic E-state index is 0.229. The van der Waals surface area contributed by atoms with Gasteiger partial charge < -0.3 is 22.9 Å². The highest BCUT2D eigenvalue weighted by molar-refractivity contribution is 5.69. The van der Waals surface area contributed by atoms with Gasteiger partial charge in [0.05, 0.1) is 0 Å². The monoisotopic (exact) mass is 168 g/mol. The highest BCUT2D eigenvalue weighted by Gasteiger charge is 1.91. The molecule has 0 fully saturated rings. The predicted octanol–water partition coefficient (Wildman–Crippen LogP) is -1.81. The molecule has 0 aromatic carbocycles. The van der Waals surface area contributed by atoms with Gasteiger partial charge >= 0.3 is 6.03 Å². The van der Waals surface area contributed by atoms with Gasteiger partial charge in [0.25, 0.3) is 0 Å². The zero-order chi connectivity index (χ0) is 10.1. The topological polar surface area (TPSA) is 169 Å². The Bertz CT molecular complexity index is 241. The minimum atomic E-state index is -0.833. The number of nitriles is 2. The molecule has 0 atom stereocenters. The van der Waals surface area contributed by atoms with E-state index in [0.29, 0.717) is 0 Å². The molecule has 0 saturated heterocycles. The number of rotatable bonds is 0. The highest BCUT2D eigenvalue weighted by atomic mass is 16.2. The summed E-state index contributed by atoms with van der Waals surface area (Å²) < 4.78 is 0. The number of carbonyl (C=O) groups is 1. The molecule has 0 spiro atoms. The van der Waals surface area contributed by atoms with E-state index in [1.54, 1.807) is 0 Å². The van der Waals surface area contributed by atoms with Crippen molar-refractivity contribution < 1.29 is 4.79 Å². The molecule has 7 heteroatoms. The van der Waals surface area contributed by atoms with Crippen LogP contribution in [0.5, 0.6) is 0 Å². The molecule has 7 nitrogen and oxygen atoms in total. The second-order valence-corrected chi connectivity index (χ2v) is 1.45. The average Bonchev–Trinajstić information content (AvgIpc) is 2.00. The van der Waals surface area contributed by atoms with Crippen LogP contribution in [-0.2, 0) is 0 Å². The molecule has 64 valence electrons. The van der Waals surface area contributed by atoms with E-state index in [2.05, 4.69) is 11.5 Å². The molecule has 0 aliphatic heterocycles. The van der Waals surface area contributed by atoms with Crippen molar-refractivity contribution in [3.05, 3.63) is 11.4 Å². The van der Waals surface area contributed by atoms with Crippen molar-refractivity contribution in [2.75, 3.05) is 0 Å². The number of allylic oxidation sites excluding steroid dienone is 2. The van der Waals surface area contributed by atoms with E-state index in [0.717, 1.165) is 0 Å². The summed E-state index contributed by atoms with van der Waals surface area (Å²) >= 11 is 0. The molecular weight excluding hydrogens is 160 g/mol. The summed E-state index contributed by atoms with van der Waals surface area (Å²) in [6, 6.07) is 2.22. The lowest BCUT2D eigenvalue weighted by Gasteiger charge is -1.83. The Hall–Kier alpha value is -2.41. The lowest BCUT2D eigenvalue weighted by atomic mass is 10.4. The molecule has 0 bridgehead atoms. The third-order valence-corrected chi connectivity index (χ3v) is 0.531. The number of hydrogen-bond acceptors (Lipinski definition) is 5. The van der Waals surface area contributed by atoms with Crippen LogP contribution in [0.25, 0.3) is 0 Å². The fourth-order valence-electron chi connectivity index (χ4n) is 0.120. The van der Waals surface area contributed by atoms with E-state index >= 15 is 0 Å². The van der Waals surface area contributed by atoms with E-state index in [9.17, 15) is 0 Å². The molecule has 0 aliphatic rings. The number of hydrogen-bond donors (Lipinski definition) is 4. The normalized spacial score (nSPS) is 9.17. The van der Waals surface area contributed by atoms with Crippen molar-refractivity contribution >= 4 is 6.03 Å². The van der Waals surface area contributed by atoms with Gasteiger partial charge in [-0.3, -0.25) is 0 Å². The molecule has 0 aliphatic carbocycles. The fraction of sp³-hybridized carbons (Fsp3) is 0. The van der Waals surface area contributed by atoms with Crippen LogP contribution in [0.3, 0.4) is 0 Å². The first-order chi connectivity index (χ1) is 5.45. The third-order valence-electron chi connectivity index (χ3n) is 0.531. The lowest BCUT2D eigenvalue weighted by molar-refractivity contribution is 0.256. The number of primary amides is 2. The number of nitrogens with two attached hydrogens (primary N) is 4. The molecule has 0 heterocycles. The fourth-order valence-corrected chi connectivity index (χ4v) is 0.120. The van der Waals surface area contributed by atoms with Crippen LogP contribution in [0, 0.1) is 22.7 Å². The van der Waals surface area contributed by atoms with Crippen molar-refractivity contribution in [2.45, 2.75) is 0 Å². The number of amides is 2. The van der Waals surface area contributed by atoms with Crippen LogP contribution < -0.4 is 22.9 Å². The Labute approximate surface area is 68.8 Å². The van der Waals surface area contributed by atoms with Crippen molar-refractivity contribution in [3.63, 3.8) is 0 Å². The summed E-state index contributed by atoms with van der Waals surface area (Å²) in [5, 5.41) is 15.9. The summed E-state index contributed by atoms with van der Waals surface area (Å²) in [5.41, 5.74) is 17.8. The van der Waals surface area contributed by atoms with E-state index in [1.807, 2.05) is 0 Å². The number of carbonyl (C=O) groups excluding carboxylic acids is 1. The van der Waals surface area contributed by atoms with E-state index in [1.165, 1.54) is 12.1 Å². The smallest absolute Gasteiger partial charge is 0.309 e. The van der Waals surface area contributed by atoms with E-state index in [4.69, 9.17) is 26.8 Å². The Morgan fingerprint density at radius 2 is 1.08 bits per heavy atom. The van der Waals surface area contributed by atoms with Gasteiger partial charge in [-0.05, 0) is 0 Å². The maximum atomic E-state index is 9.00. The largest absolute Gasteiger partial charge is 0.388 e. The molecule has 2 amide bonds. The van der Waals surface area contributed by atoms with Gasteiger partial charge in [0.2, 0.25) is 0 Å². The molecule has 0 aromatic rings. The van der Waals surface area contributed by atoms with Crippen LogP contribution in [0.15, 0.2) is 11.4 Å². The molecule has 8 N–H and O–H groups in total. The second kappa shape index (κ2) is 6.71. The zero-order valence-corrected chi connectivity index (χ0v) is 6.11.